The van der Waals surface area contributed by atoms with Crippen LogP contribution in [0.25, 0.3) is 0 Å². The van der Waals surface area contributed by atoms with Gasteiger partial charge in [0, 0.05) is 19.5 Å². The highest BCUT2D eigenvalue weighted by atomic mass is 16.4. The zero-order chi connectivity index (χ0) is 13.8. The van der Waals surface area contributed by atoms with Crippen molar-refractivity contribution in [1.82, 2.24) is 10.2 Å². The molecule has 102 valence electrons. The van der Waals surface area contributed by atoms with Gasteiger partial charge in [-0.1, -0.05) is 30.3 Å². The lowest BCUT2D eigenvalue weighted by molar-refractivity contribution is -0.140. The van der Waals surface area contributed by atoms with Crippen LogP contribution in [0.15, 0.2) is 30.3 Å². The summed E-state index contributed by atoms with van der Waals surface area (Å²) in [7, 11) is 0. The second-order valence-electron chi connectivity index (χ2n) is 4.60. The number of amides is 2. The number of hydrogen-bond donors (Lipinski definition) is 3. The van der Waals surface area contributed by atoms with Crippen LogP contribution in [0.1, 0.15) is 12.0 Å². The first kappa shape index (κ1) is 13.4. The molecular formula is C13H16N2O4. The zero-order valence-corrected chi connectivity index (χ0v) is 10.3. The highest BCUT2D eigenvalue weighted by Gasteiger charge is 2.34. The van der Waals surface area contributed by atoms with Crippen LogP contribution in [0.2, 0.25) is 0 Å². The molecule has 3 N–H and O–H groups in total. The van der Waals surface area contributed by atoms with Gasteiger partial charge in [0.2, 0.25) is 5.91 Å². The molecule has 2 atom stereocenters. The molecule has 1 aromatic rings. The predicted octanol–water partition coefficient (Wildman–Crippen LogP) is 0.416. The number of β-amino-alcohol motifs (C(OH)–C–C–N with tert-alkyl or cyclic N) is 1. The molecule has 1 fully saturated rings. The number of hydrogen-bond acceptors (Lipinski definition) is 3. The number of rotatable bonds is 3. The molecule has 0 radical (unpaired) electrons. The summed E-state index contributed by atoms with van der Waals surface area (Å²) in [5, 5.41) is 20.6. The van der Waals surface area contributed by atoms with Crippen molar-refractivity contribution in [3.63, 3.8) is 0 Å². The quantitative estimate of drug-likeness (QED) is 0.738. The van der Waals surface area contributed by atoms with Crippen molar-refractivity contribution in [2.24, 2.45) is 0 Å². The van der Waals surface area contributed by atoms with E-state index in [1.54, 1.807) is 0 Å². The third kappa shape index (κ3) is 3.45. The average Bonchev–Trinajstić information content (AvgIpc) is 2.35. The van der Waals surface area contributed by atoms with Crippen LogP contribution in [0, 0.1) is 0 Å². The van der Waals surface area contributed by atoms with Crippen LogP contribution >= 0.6 is 0 Å². The van der Waals surface area contributed by atoms with Gasteiger partial charge in [-0.2, -0.15) is 0 Å². The summed E-state index contributed by atoms with van der Waals surface area (Å²) in [4.78, 5) is 24.2. The first-order valence-corrected chi connectivity index (χ1v) is 6.06. The van der Waals surface area contributed by atoms with Crippen LogP contribution in [-0.2, 0) is 11.3 Å². The van der Waals surface area contributed by atoms with Gasteiger partial charge < -0.3 is 20.4 Å². The molecule has 19 heavy (non-hydrogen) atoms. The second kappa shape index (κ2) is 5.71. The van der Waals surface area contributed by atoms with Gasteiger partial charge in [-0.25, -0.2) is 4.79 Å². The van der Waals surface area contributed by atoms with E-state index in [1.165, 1.54) is 4.90 Å². The Hall–Kier alpha value is -2.08. The molecular weight excluding hydrogens is 248 g/mol. The van der Waals surface area contributed by atoms with Crippen LogP contribution in [0.5, 0.6) is 0 Å². The highest BCUT2D eigenvalue weighted by molar-refractivity contribution is 5.86. The minimum Gasteiger partial charge on any atom is -0.465 e. The number of nitrogens with zero attached hydrogens (tertiary/aromatic N) is 1. The highest BCUT2D eigenvalue weighted by Crippen LogP contribution is 2.15. The maximum Gasteiger partial charge on any atom is 0.405 e. The number of piperidine rings is 1. The summed E-state index contributed by atoms with van der Waals surface area (Å²) >= 11 is 0. The molecule has 1 aliphatic heterocycles. The van der Waals surface area contributed by atoms with Crippen molar-refractivity contribution in [2.75, 3.05) is 6.54 Å². The van der Waals surface area contributed by atoms with Gasteiger partial charge in [-0.05, 0) is 5.56 Å². The normalized spacial score (nSPS) is 23.2. The van der Waals surface area contributed by atoms with E-state index >= 15 is 0 Å². The molecule has 0 spiro atoms. The van der Waals surface area contributed by atoms with Gasteiger partial charge >= 0.3 is 6.09 Å². The van der Waals surface area contributed by atoms with E-state index in [9.17, 15) is 14.7 Å². The Morgan fingerprint density at radius 2 is 2.05 bits per heavy atom. The number of nitrogens with one attached hydrogen (secondary N) is 1. The molecule has 0 aromatic heterocycles. The Kier molecular flexibility index (Phi) is 4.01. The van der Waals surface area contributed by atoms with Crippen molar-refractivity contribution in [2.45, 2.75) is 25.1 Å². The molecule has 1 heterocycles. The number of carbonyl (C=O) groups is 2. The standard InChI is InChI=1S/C13H16N2O4/c16-10-6-11(14-13(18)19)12(17)15(8-10)7-9-4-2-1-3-5-9/h1-5,10-11,14,16H,6-8H2,(H,18,19). The molecule has 1 aliphatic rings. The average molecular weight is 264 g/mol. The zero-order valence-electron chi connectivity index (χ0n) is 10.3. The fourth-order valence-electron chi connectivity index (χ4n) is 2.23. The smallest absolute Gasteiger partial charge is 0.405 e. The molecule has 6 heteroatoms. The number of aliphatic hydroxyl groups is 1. The fraction of sp³-hybridized carbons (Fsp3) is 0.385. The molecule has 1 aromatic carbocycles. The topological polar surface area (TPSA) is 89.9 Å². The first-order chi connectivity index (χ1) is 9.06. The van der Waals surface area contributed by atoms with Crippen LogP contribution in [0.4, 0.5) is 4.79 Å². The predicted molar refractivity (Wildman–Crippen MR) is 67.4 cm³/mol. The fourth-order valence-corrected chi connectivity index (χ4v) is 2.23. The Bertz CT molecular complexity index is 463. The molecule has 2 rings (SSSR count). The van der Waals surface area contributed by atoms with E-state index < -0.39 is 18.2 Å². The Labute approximate surface area is 110 Å². The molecule has 6 nitrogen and oxygen atoms in total. The molecule has 0 bridgehead atoms. The van der Waals surface area contributed by atoms with E-state index in [4.69, 9.17) is 5.11 Å². The van der Waals surface area contributed by atoms with Crippen molar-refractivity contribution in [3.8, 4) is 0 Å². The molecule has 2 amide bonds. The Balaban J connectivity index is 2.07. The number of benzene rings is 1. The number of likely N-dealkylation sites (tertiary alicyclic amines) is 1. The van der Waals surface area contributed by atoms with Gasteiger partial charge in [0.15, 0.2) is 0 Å². The third-order valence-corrected chi connectivity index (χ3v) is 3.06. The van der Waals surface area contributed by atoms with Gasteiger partial charge in [0.25, 0.3) is 0 Å². The van der Waals surface area contributed by atoms with Gasteiger partial charge in [-0.15, -0.1) is 0 Å². The summed E-state index contributed by atoms with van der Waals surface area (Å²) in [6.45, 7) is 0.597. The summed E-state index contributed by atoms with van der Waals surface area (Å²) in [5.41, 5.74) is 0.944. The summed E-state index contributed by atoms with van der Waals surface area (Å²) < 4.78 is 0. The van der Waals surface area contributed by atoms with Gasteiger partial charge in [0.1, 0.15) is 6.04 Å². The van der Waals surface area contributed by atoms with Crippen molar-refractivity contribution < 1.29 is 19.8 Å². The molecule has 0 aliphatic carbocycles. The second-order valence-corrected chi connectivity index (χ2v) is 4.60. The van der Waals surface area contributed by atoms with E-state index in [1.807, 2.05) is 30.3 Å². The summed E-state index contributed by atoms with van der Waals surface area (Å²) in [6, 6.07) is 8.51. The lowest BCUT2D eigenvalue weighted by Gasteiger charge is -2.35. The SMILES string of the molecule is O=C(O)NC1CC(O)CN(Cc2ccccc2)C1=O. The Morgan fingerprint density at radius 3 is 2.68 bits per heavy atom. The number of carbonyl (C=O) groups excluding carboxylic acids is 1. The van der Waals surface area contributed by atoms with Crippen molar-refractivity contribution >= 4 is 12.0 Å². The number of carboxylic acid groups (broad SMARTS) is 1. The maximum absolute atomic E-state index is 12.1. The largest absolute Gasteiger partial charge is 0.465 e. The van der Waals surface area contributed by atoms with Gasteiger partial charge in [-0.3, -0.25) is 4.79 Å². The van der Waals surface area contributed by atoms with E-state index in [0.717, 1.165) is 5.56 Å². The lowest BCUT2D eigenvalue weighted by Crippen LogP contribution is -2.56. The summed E-state index contributed by atoms with van der Waals surface area (Å²) in [5.74, 6) is -0.295. The van der Waals surface area contributed by atoms with Crippen LogP contribution in [0.3, 0.4) is 0 Å². The molecule has 0 saturated carbocycles. The Morgan fingerprint density at radius 1 is 1.37 bits per heavy atom. The van der Waals surface area contributed by atoms with E-state index in [-0.39, 0.29) is 18.9 Å². The lowest BCUT2D eigenvalue weighted by atomic mass is 10.0. The van der Waals surface area contributed by atoms with Crippen molar-refractivity contribution in [1.29, 1.82) is 0 Å². The summed E-state index contributed by atoms with van der Waals surface area (Å²) in [6.07, 6.45) is -1.85. The molecule has 1 saturated heterocycles. The van der Waals surface area contributed by atoms with Crippen LogP contribution in [-0.4, -0.2) is 45.8 Å². The van der Waals surface area contributed by atoms with Crippen molar-refractivity contribution in [3.05, 3.63) is 35.9 Å². The van der Waals surface area contributed by atoms with E-state index in [0.29, 0.717) is 6.54 Å². The monoisotopic (exact) mass is 264 g/mol. The van der Waals surface area contributed by atoms with E-state index in [2.05, 4.69) is 5.32 Å². The minimum absolute atomic E-state index is 0.121. The maximum atomic E-state index is 12.1. The third-order valence-electron chi connectivity index (χ3n) is 3.06. The number of aliphatic hydroxyl groups excluding tert-OH is 1. The molecule has 2 unspecified atom stereocenters. The minimum atomic E-state index is -1.26. The van der Waals surface area contributed by atoms with Crippen LogP contribution < -0.4 is 5.32 Å². The first-order valence-electron chi connectivity index (χ1n) is 6.06. The van der Waals surface area contributed by atoms with Gasteiger partial charge in [0.05, 0.1) is 6.10 Å².